The fraction of sp³-hybridized carbons (Fsp3) is 0.200. The van der Waals surface area contributed by atoms with Crippen molar-refractivity contribution >= 4 is 11.9 Å². The van der Waals surface area contributed by atoms with Crippen molar-refractivity contribution in [3.05, 3.63) is 11.9 Å². The van der Waals surface area contributed by atoms with Crippen molar-refractivity contribution in [2.45, 2.75) is 6.42 Å². The average molecular weight is 107 g/mol. The summed E-state index contributed by atoms with van der Waals surface area (Å²) in [6.07, 6.45) is 4.52. The number of aromatic nitrogens is 2. The van der Waals surface area contributed by atoms with E-state index in [9.17, 15) is 0 Å². The van der Waals surface area contributed by atoms with Crippen molar-refractivity contribution in [2.24, 2.45) is 4.99 Å². The molecule has 0 bridgehead atoms. The maximum atomic E-state index is 4.04. The van der Waals surface area contributed by atoms with Crippen molar-refractivity contribution in [3.8, 4) is 0 Å². The van der Waals surface area contributed by atoms with Crippen molar-refractivity contribution in [1.29, 1.82) is 0 Å². The van der Waals surface area contributed by atoms with Crippen LogP contribution in [-0.4, -0.2) is 16.4 Å². The summed E-state index contributed by atoms with van der Waals surface area (Å²) >= 11 is 0. The van der Waals surface area contributed by atoms with E-state index in [0.29, 0.717) is 0 Å². The van der Waals surface area contributed by atoms with Gasteiger partial charge < -0.3 is 0 Å². The third kappa shape index (κ3) is 0.332. The van der Waals surface area contributed by atoms with Gasteiger partial charge in [-0.05, 0) is 0 Å². The van der Waals surface area contributed by atoms with E-state index >= 15 is 0 Å². The molecule has 40 valence electrons. The van der Waals surface area contributed by atoms with E-state index in [1.165, 1.54) is 0 Å². The Hall–Kier alpha value is -1.12. The van der Waals surface area contributed by atoms with Crippen molar-refractivity contribution in [3.63, 3.8) is 0 Å². The van der Waals surface area contributed by atoms with Gasteiger partial charge in [0.15, 0.2) is 0 Å². The lowest BCUT2D eigenvalue weighted by atomic mass is 10.3. The monoisotopic (exact) mass is 107 g/mol. The van der Waals surface area contributed by atoms with E-state index in [4.69, 9.17) is 0 Å². The molecule has 0 fully saturated rings. The summed E-state index contributed by atoms with van der Waals surface area (Å²) in [6, 6.07) is 0. The Morgan fingerprint density at radius 2 is 2.62 bits per heavy atom. The zero-order valence-electron chi connectivity index (χ0n) is 4.26. The fourth-order valence-corrected chi connectivity index (χ4v) is 0.803. The molecule has 0 atom stereocenters. The Morgan fingerprint density at radius 3 is 3.50 bits per heavy atom. The summed E-state index contributed by atoms with van der Waals surface area (Å²) < 4.78 is 0. The first-order valence-electron chi connectivity index (χ1n) is 2.51. The normalized spacial score (nSPS) is 14.5. The second-order valence-electron chi connectivity index (χ2n) is 1.75. The number of hydrogen-bond donors (Lipinski definition) is 1. The molecule has 0 radical (unpaired) electrons. The Morgan fingerprint density at radius 1 is 1.62 bits per heavy atom. The van der Waals surface area contributed by atoms with Gasteiger partial charge in [-0.25, -0.2) is 0 Å². The van der Waals surface area contributed by atoms with Crippen molar-refractivity contribution < 1.29 is 0 Å². The zero-order valence-corrected chi connectivity index (χ0v) is 4.26. The molecular weight excluding hydrogens is 102 g/mol. The molecule has 2 rings (SSSR count). The maximum absolute atomic E-state index is 4.04. The Balaban J connectivity index is 2.67. The molecule has 0 aliphatic carbocycles. The highest BCUT2D eigenvalue weighted by atomic mass is 15.1. The number of aromatic amines is 1. The first-order chi connectivity index (χ1) is 3.97. The molecule has 3 heteroatoms. The van der Waals surface area contributed by atoms with Crippen molar-refractivity contribution in [2.75, 3.05) is 0 Å². The van der Waals surface area contributed by atoms with Crippen LogP contribution in [0.3, 0.4) is 0 Å². The Bertz CT molecular complexity index is 223. The van der Waals surface area contributed by atoms with E-state index in [1.54, 1.807) is 6.20 Å². The van der Waals surface area contributed by atoms with Gasteiger partial charge in [0.2, 0.25) is 0 Å². The molecule has 2 heterocycles. The molecule has 1 aliphatic rings. The van der Waals surface area contributed by atoms with Crippen LogP contribution in [-0.2, 0) is 6.42 Å². The molecule has 0 saturated heterocycles. The van der Waals surface area contributed by atoms with Gasteiger partial charge in [0, 0.05) is 12.6 Å². The summed E-state index contributed by atoms with van der Waals surface area (Å²) in [5.41, 5.74) is 2.12. The van der Waals surface area contributed by atoms with E-state index in [-0.39, 0.29) is 0 Å². The van der Waals surface area contributed by atoms with E-state index < -0.39 is 0 Å². The van der Waals surface area contributed by atoms with Crippen LogP contribution < -0.4 is 0 Å². The highest BCUT2D eigenvalue weighted by Crippen LogP contribution is 2.19. The lowest BCUT2D eigenvalue weighted by molar-refractivity contribution is 1.03. The summed E-state index contributed by atoms with van der Waals surface area (Å²) in [5, 5.41) is 6.65. The van der Waals surface area contributed by atoms with Gasteiger partial charge in [-0.2, -0.15) is 5.10 Å². The third-order valence-electron chi connectivity index (χ3n) is 1.22. The molecule has 1 aromatic heterocycles. The smallest absolute Gasteiger partial charge is 0.104 e. The molecule has 1 N–H and O–H groups in total. The van der Waals surface area contributed by atoms with Crippen LogP contribution in [0.15, 0.2) is 11.2 Å². The lowest BCUT2D eigenvalue weighted by Crippen LogP contribution is -1.78. The lowest BCUT2D eigenvalue weighted by Gasteiger charge is -1.77. The van der Waals surface area contributed by atoms with Gasteiger partial charge in [-0.3, -0.25) is 10.1 Å². The highest BCUT2D eigenvalue weighted by molar-refractivity contribution is 5.73. The van der Waals surface area contributed by atoms with E-state index in [2.05, 4.69) is 15.2 Å². The standard InChI is InChI=1S/C5H5N3/c1-2-6-5-3-7-8-4(1)5/h2-3H,1H2,(H,7,8). The van der Waals surface area contributed by atoms with Crippen molar-refractivity contribution in [1.82, 2.24) is 10.2 Å². The quantitative estimate of drug-likeness (QED) is 0.520. The first-order valence-corrected chi connectivity index (χ1v) is 2.51. The predicted molar refractivity (Wildman–Crippen MR) is 30.4 cm³/mol. The number of rotatable bonds is 0. The van der Waals surface area contributed by atoms with Crippen LogP contribution in [0.25, 0.3) is 0 Å². The number of H-pyrrole nitrogens is 1. The summed E-state index contributed by atoms with van der Waals surface area (Å²) in [6.45, 7) is 0. The topological polar surface area (TPSA) is 41.0 Å². The minimum atomic E-state index is 0.912. The molecular formula is C5H5N3. The first kappa shape index (κ1) is 3.83. The molecule has 0 aromatic carbocycles. The average Bonchev–Trinajstić information content (AvgIpc) is 2.15. The van der Waals surface area contributed by atoms with E-state index in [1.807, 2.05) is 6.21 Å². The minimum absolute atomic E-state index is 0.912. The molecule has 0 spiro atoms. The highest BCUT2D eigenvalue weighted by Gasteiger charge is 2.05. The van der Waals surface area contributed by atoms with Gasteiger partial charge in [-0.1, -0.05) is 0 Å². The molecule has 1 aliphatic heterocycles. The second-order valence-corrected chi connectivity index (χ2v) is 1.75. The van der Waals surface area contributed by atoms with E-state index in [0.717, 1.165) is 17.8 Å². The Labute approximate surface area is 46.4 Å². The number of hydrogen-bond acceptors (Lipinski definition) is 2. The fourth-order valence-electron chi connectivity index (χ4n) is 0.803. The van der Waals surface area contributed by atoms with Crippen LogP contribution in [0.5, 0.6) is 0 Å². The molecule has 1 aromatic rings. The molecule has 0 amide bonds. The van der Waals surface area contributed by atoms with Crippen LogP contribution in [0.2, 0.25) is 0 Å². The van der Waals surface area contributed by atoms with Gasteiger partial charge in [0.1, 0.15) is 5.69 Å². The van der Waals surface area contributed by atoms with Gasteiger partial charge >= 0.3 is 0 Å². The van der Waals surface area contributed by atoms with Crippen LogP contribution >= 0.6 is 0 Å². The predicted octanol–water partition coefficient (Wildman–Crippen LogP) is 0.668. The molecule has 8 heavy (non-hydrogen) atoms. The van der Waals surface area contributed by atoms with Gasteiger partial charge in [-0.15, -0.1) is 0 Å². The number of fused-ring (bicyclic) bond motifs is 1. The van der Waals surface area contributed by atoms with Crippen LogP contribution in [0, 0.1) is 0 Å². The van der Waals surface area contributed by atoms with Crippen LogP contribution in [0.4, 0.5) is 5.69 Å². The summed E-state index contributed by atoms with van der Waals surface area (Å²) in [5.74, 6) is 0. The summed E-state index contributed by atoms with van der Waals surface area (Å²) in [4.78, 5) is 4.04. The third-order valence-corrected chi connectivity index (χ3v) is 1.22. The van der Waals surface area contributed by atoms with Gasteiger partial charge in [0.05, 0.1) is 11.9 Å². The van der Waals surface area contributed by atoms with Gasteiger partial charge in [0.25, 0.3) is 0 Å². The Kier molecular flexibility index (Phi) is 0.566. The molecule has 3 nitrogen and oxygen atoms in total. The number of nitrogens with one attached hydrogen (secondary N) is 1. The molecule has 0 saturated carbocycles. The number of aliphatic imine (C=N–C) groups is 1. The largest absolute Gasteiger partial charge is 0.280 e. The number of nitrogens with zero attached hydrogens (tertiary/aromatic N) is 2. The SMILES string of the molecule is C1=Nc2cn[nH]c2C1. The van der Waals surface area contributed by atoms with Crippen LogP contribution in [0.1, 0.15) is 5.69 Å². The minimum Gasteiger partial charge on any atom is -0.280 e. The molecule has 0 unspecified atom stereocenters. The summed E-state index contributed by atoms with van der Waals surface area (Å²) in [7, 11) is 0. The zero-order chi connectivity index (χ0) is 5.40. The maximum Gasteiger partial charge on any atom is 0.104 e. The second kappa shape index (κ2) is 1.18.